The van der Waals surface area contributed by atoms with E-state index in [4.69, 9.17) is 4.74 Å². The van der Waals surface area contributed by atoms with Gasteiger partial charge in [-0.2, -0.15) is 0 Å². The molecule has 156 valence electrons. The van der Waals surface area contributed by atoms with Crippen molar-refractivity contribution in [3.8, 4) is 5.75 Å². The number of ether oxygens (including phenoxy) is 1. The second-order valence-electron chi connectivity index (χ2n) is 7.83. The van der Waals surface area contributed by atoms with Gasteiger partial charge in [-0.25, -0.2) is 0 Å². The lowest BCUT2D eigenvalue weighted by Crippen LogP contribution is -2.47. The van der Waals surface area contributed by atoms with Crippen LogP contribution in [0, 0.1) is 6.92 Å². The van der Waals surface area contributed by atoms with Crippen molar-refractivity contribution >= 4 is 22.9 Å². The first-order valence-corrected chi connectivity index (χ1v) is 11.3. The highest BCUT2D eigenvalue weighted by Gasteiger charge is 2.30. The van der Waals surface area contributed by atoms with Gasteiger partial charge in [-0.3, -0.25) is 9.69 Å². The third-order valence-corrected chi connectivity index (χ3v) is 6.61. The van der Waals surface area contributed by atoms with Gasteiger partial charge < -0.3 is 9.64 Å². The molecule has 1 aliphatic heterocycles. The number of rotatable bonds is 6. The number of amides is 1. The topological polar surface area (TPSA) is 32.8 Å². The molecule has 2 aromatic carbocycles. The minimum absolute atomic E-state index is 0.0539. The van der Waals surface area contributed by atoms with Gasteiger partial charge in [0.1, 0.15) is 5.75 Å². The molecule has 0 N–H and O–H groups in total. The summed E-state index contributed by atoms with van der Waals surface area (Å²) in [6.45, 7) is 5.07. The SMILES string of the molecule is COc1ccc(C(=O)N(c2ccc(C)cc2)C2CCN(Cc3cccs3)CC2)cc1. The van der Waals surface area contributed by atoms with E-state index in [-0.39, 0.29) is 11.9 Å². The molecule has 3 aromatic rings. The van der Waals surface area contributed by atoms with Crippen LogP contribution in [0.1, 0.15) is 33.6 Å². The van der Waals surface area contributed by atoms with Gasteiger partial charge in [-0.15, -0.1) is 11.3 Å². The fourth-order valence-electron chi connectivity index (χ4n) is 4.03. The first-order chi connectivity index (χ1) is 14.6. The quantitative estimate of drug-likeness (QED) is 0.537. The molecule has 0 radical (unpaired) electrons. The van der Waals surface area contributed by atoms with Gasteiger partial charge in [-0.05, 0) is 67.6 Å². The highest BCUT2D eigenvalue weighted by atomic mass is 32.1. The Morgan fingerprint density at radius 3 is 2.37 bits per heavy atom. The summed E-state index contributed by atoms with van der Waals surface area (Å²) in [5.74, 6) is 0.813. The fraction of sp³-hybridized carbons (Fsp3) is 0.320. The van der Waals surface area contributed by atoms with Crippen LogP contribution in [0.5, 0.6) is 5.75 Å². The average Bonchev–Trinajstić information content (AvgIpc) is 3.29. The molecule has 1 fully saturated rings. The van der Waals surface area contributed by atoms with Crippen molar-refractivity contribution in [1.82, 2.24) is 4.90 Å². The molecule has 0 unspecified atom stereocenters. The molecule has 1 saturated heterocycles. The number of benzene rings is 2. The maximum absolute atomic E-state index is 13.5. The Morgan fingerprint density at radius 1 is 1.07 bits per heavy atom. The van der Waals surface area contributed by atoms with E-state index >= 15 is 0 Å². The summed E-state index contributed by atoms with van der Waals surface area (Å²) >= 11 is 1.81. The Kier molecular flexibility index (Phi) is 6.50. The Morgan fingerprint density at radius 2 is 1.77 bits per heavy atom. The van der Waals surface area contributed by atoms with Crippen molar-refractivity contribution < 1.29 is 9.53 Å². The van der Waals surface area contributed by atoms with Gasteiger partial charge >= 0.3 is 0 Å². The Labute approximate surface area is 182 Å². The Balaban J connectivity index is 1.53. The lowest BCUT2D eigenvalue weighted by Gasteiger charge is -2.38. The van der Waals surface area contributed by atoms with Crippen LogP contribution in [0.25, 0.3) is 0 Å². The van der Waals surface area contributed by atoms with E-state index in [1.807, 2.05) is 40.5 Å². The average molecular weight is 421 g/mol. The molecule has 2 heterocycles. The summed E-state index contributed by atoms with van der Waals surface area (Å²) in [5, 5.41) is 2.13. The minimum atomic E-state index is 0.0539. The van der Waals surface area contributed by atoms with E-state index in [1.165, 1.54) is 10.4 Å². The number of anilines is 1. The number of hydrogen-bond donors (Lipinski definition) is 0. The number of carbonyl (C=O) groups excluding carboxylic acids is 1. The normalized spacial score (nSPS) is 15.1. The summed E-state index contributed by atoms with van der Waals surface area (Å²) < 4.78 is 5.25. The molecule has 0 saturated carbocycles. The van der Waals surface area contributed by atoms with Crippen LogP contribution in [-0.4, -0.2) is 37.0 Å². The third-order valence-electron chi connectivity index (χ3n) is 5.75. The number of methoxy groups -OCH3 is 1. The molecule has 4 nitrogen and oxygen atoms in total. The Hall–Kier alpha value is -2.63. The van der Waals surface area contributed by atoms with E-state index in [2.05, 4.69) is 53.6 Å². The fourth-order valence-corrected chi connectivity index (χ4v) is 4.78. The number of likely N-dealkylation sites (tertiary alicyclic amines) is 1. The number of piperidine rings is 1. The number of nitrogens with zero attached hydrogens (tertiary/aromatic N) is 2. The van der Waals surface area contributed by atoms with Gasteiger partial charge in [0.15, 0.2) is 0 Å². The van der Waals surface area contributed by atoms with Crippen molar-refractivity contribution in [1.29, 1.82) is 0 Å². The highest BCUT2D eigenvalue weighted by molar-refractivity contribution is 7.09. The minimum Gasteiger partial charge on any atom is -0.497 e. The van der Waals surface area contributed by atoms with Crippen molar-refractivity contribution in [2.24, 2.45) is 0 Å². The summed E-state index contributed by atoms with van der Waals surface area (Å²) in [6, 6.07) is 20.2. The Bertz CT molecular complexity index is 944. The smallest absolute Gasteiger partial charge is 0.258 e. The van der Waals surface area contributed by atoms with Crippen LogP contribution in [0.3, 0.4) is 0 Å². The zero-order chi connectivity index (χ0) is 20.9. The molecular weight excluding hydrogens is 392 g/mol. The molecule has 1 aliphatic rings. The lowest BCUT2D eigenvalue weighted by molar-refractivity contribution is 0.0959. The molecular formula is C25H28N2O2S. The van der Waals surface area contributed by atoms with Gasteiger partial charge in [0.25, 0.3) is 5.91 Å². The number of aryl methyl sites for hydroxylation is 1. The number of carbonyl (C=O) groups is 1. The number of thiophene rings is 1. The zero-order valence-corrected chi connectivity index (χ0v) is 18.4. The molecule has 0 bridgehead atoms. The molecule has 0 atom stereocenters. The number of hydrogen-bond acceptors (Lipinski definition) is 4. The second kappa shape index (κ2) is 9.45. The van der Waals surface area contributed by atoms with Crippen LogP contribution in [0.4, 0.5) is 5.69 Å². The van der Waals surface area contributed by atoms with Crippen LogP contribution in [-0.2, 0) is 6.54 Å². The maximum atomic E-state index is 13.5. The van der Waals surface area contributed by atoms with Crippen molar-refractivity contribution in [3.63, 3.8) is 0 Å². The van der Waals surface area contributed by atoms with Gasteiger partial charge in [0.2, 0.25) is 0 Å². The second-order valence-corrected chi connectivity index (χ2v) is 8.86. The summed E-state index contributed by atoms with van der Waals surface area (Å²) in [6.07, 6.45) is 1.95. The first-order valence-electron chi connectivity index (χ1n) is 10.4. The van der Waals surface area contributed by atoms with Crippen LogP contribution in [0.15, 0.2) is 66.0 Å². The predicted octanol–water partition coefficient (Wildman–Crippen LogP) is 5.38. The van der Waals surface area contributed by atoms with Crippen molar-refractivity contribution in [3.05, 3.63) is 82.0 Å². The van der Waals surface area contributed by atoms with E-state index in [0.29, 0.717) is 5.56 Å². The summed E-state index contributed by atoms with van der Waals surface area (Å²) in [4.78, 5) is 19.4. The van der Waals surface area contributed by atoms with E-state index in [0.717, 1.165) is 43.9 Å². The molecule has 30 heavy (non-hydrogen) atoms. The van der Waals surface area contributed by atoms with Gasteiger partial charge in [0, 0.05) is 41.8 Å². The zero-order valence-electron chi connectivity index (χ0n) is 17.6. The van der Waals surface area contributed by atoms with E-state index < -0.39 is 0 Å². The molecule has 0 spiro atoms. The third kappa shape index (κ3) is 4.74. The van der Waals surface area contributed by atoms with Gasteiger partial charge in [0.05, 0.1) is 7.11 Å². The van der Waals surface area contributed by atoms with Gasteiger partial charge in [-0.1, -0.05) is 23.8 Å². The molecule has 1 aromatic heterocycles. The maximum Gasteiger partial charge on any atom is 0.258 e. The summed E-state index contributed by atoms with van der Waals surface area (Å²) in [5.41, 5.74) is 2.86. The molecule has 4 rings (SSSR count). The van der Waals surface area contributed by atoms with Crippen molar-refractivity contribution in [2.45, 2.75) is 32.4 Å². The van der Waals surface area contributed by atoms with Crippen LogP contribution in [0.2, 0.25) is 0 Å². The first kappa shape index (κ1) is 20.6. The molecule has 0 aliphatic carbocycles. The standard InChI is InChI=1S/C25H28N2O2S/c1-19-5-9-21(10-6-19)27(25(28)20-7-11-23(29-2)12-8-20)22-13-15-26(16-14-22)18-24-4-3-17-30-24/h3-12,17,22H,13-16,18H2,1-2H3. The molecule has 1 amide bonds. The van der Waals surface area contributed by atoms with Crippen LogP contribution < -0.4 is 9.64 Å². The highest BCUT2D eigenvalue weighted by Crippen LogP contribution is 2.28. The van der Waals surface area contributed by atoms with E-state index in [1.54, 1.807) is 7.11 Å². The predicted molar refractivity (Wildman–Crippen MR) is 124 cm³/mol. The molecule has 5 heteroatoms. The largest absolute Gasteiger partial charge is 0.497 e. The lowest BCUT2D eigenvalue weighted by atomic mass is 10.00. The monoisotopic (exact) mass is 420 g/mol. The van der Waals surface area contributed by atoms with Crippen molar-refractivity contribution in [2.75, 3.05) is 25.1 Å². The van der Waals surface area contributed by atoms with Crippen LogP contribution >= 0.6 is 11.3 Å². The van der Waals surface area contributed by atoms with E-state index in [9.17, 15) is 4.79 Å². The summed E-state index contributed by atoms with van der Waals surface area (Å²) in [7, 11) is 1.64.